The lowest BCUT2D eigenvalue weighted by atomic mass is 10.1. The Morgan fingerprint density at radius 1 is 1.28 bits per heavy atom. The summed E-state index contributed by atoms with van der Waals surface area (Å²) >= 11 is 0. The maximum Gasteiger partial charge on any atom is 0.0343 e. The zero-order valence-electron chi connectivity index (χ0n) is 12.4. The Morgan fingerprint density at radius 2 is 2.06 bits per heavy atom. The first-order valence-corrected chi connectivity index (χ1v) is 7.18. The molecule has 102 valence electrons. The van der Waals surface area contributed by atoms with E-state index in [9.17, 15) is 0 Å². The molecule has 0 aliphatic carbocycles. The van der Waals surface area contributed by atoms with Gasteiger partial charge in [-0.3, -0.25) is 0 Å². The van der Waals surface area contributed by atoms with Crippen LogP contribution < -0.4 is 5.32 Å². The molecule has 0 saturated heterocycles. The predicted octanol–water partition coefficient (Wildman–Crippen LogP) is 3.77. The number of anilines is 1. The molecular formula is C16H28N2. The second-order valence-electron chi connectivity index (χ2n) is 5.20. The van der Waals surface area contributed by atoms with Crippen LogP contribution in [0.3, 0.4) is 0 Å². The summed E-state index contributed by atoms with van der Waals surface area (Å²) in [4.78, 5) is 2.52. The smallest absolute Gasteiger partial charge is 0.0343 e. The van der Waals surface area contributed by atoms with Gasteiger partial charge in [0.1, 0.15) is 0 Å². The predicted molar refractivity (Wildman–Crippen MR) is 81.2 cm³/mol. The number of hydrogen-bond donors (Lipinski definition) is 1. The highest BCUT2D eigenvalue weighted by Crippen LogP contribution is 2.09. The first kappa shape index (κ1) is 15.0. The lowest BCUT2D eigenvalue weighted by Crippen LogP contribution is -2.32. The fourth-order valence-electron chi connectivity index (χ4n) is 2.06. The molecule has 0 radical (unpaired) electrons. The van der Waals surface area contributed by atoms with Crippen LogP contribution in [0.25, 0.3) is 0 Å². The fraction of sp³-hybridized carbons (Fsp3) is 0.625. The maximum absolute atomic E-state index is 3.50. The van der Waals surface area contributed by atoms with E-state index in [0.29, 0.717) is 0 Å². The molecule has 0 fully saturated rings. The molecule has 18 heavy (non-hydrogen) atoms. The number of hydrogen-bond acceptors (Lipinski definition) is 2. The highest BCUT2D eigenvalue weighted by Gasteiger charge is 2.06. The van der Waals surface area contributed by atoms with Crippen LogP contribution in [0.2, 0.25) is 0 Å². The largest absolute Gasteiger partial charge is 0.384 e. The Hall–Kier alpha value is -1.02. The number of likely N-dealkylation sites (N-methyl/N-ethyl adjacent to an activating group) is 1. The Balaban J connectivity index is 2.31. The zero-order chi connectivity index (χ0) is 13.4. The highest BCUT2D eigenvalue weighted by atomic mass is 15.1. The van der Waals surface area contributed by atoms with E-state index in [4.69, 9.17) is 0 Å². The minimum absolute atomic E-state index is 0.795. The van der Waals surface area contributed by atoms with Crippen LogP contribution in [0, 0.1) is 12.8 Å². The number of benzene rings is 1. The van der Waals surface area contributed by atoms with Gasteiger partial charge in [-0.25, -0.2) is 0 Å². The topological polar surface area (TPSA) is 15.3 Å². The number of nitrogens with one attached hydrogen (secondary N) is 1. The summed E-state index contributed by atoms with van der Waals surface area (Å²) in [5.41, 5.74) is 2.54. The quantitative estimate of drug-likeness (QED) is 0.753. The summed E-state index contributed by atoms with van der Waals surface area (Å²) in [5, 5.41) is 3.50. The third-order valence-corrected chi connectivity index (χ3v) is 3.49. The van der Waals surface area contributed by atoms with E-state index < -0.39 is 0 Å². The Kier molecular flexibility index (Phi) is 6.81. The standard InChI is InChI=1S/C16H28N2/c1-5-14(3)13-18(6-2)11-10-17-16-9-7-8-15(4)12-16/h7-9,12,14,17H,5-6,10-11,13H2,1-4H3. The van der Waals surface area contributed by atoms with Crippen LogP contribution in [-0.2, 0) is 0 Å². The van der Waals surface area contributed by atoms with E-state index in [0.717, 1.165) is 25.6 Å². The van der Waals surface area contributed by atoms with Gasteiger partial charge < -0.3 is 10.2 Å². The minimum atomic E-state index is 0.795. The van der Waals surface area contributed by atoms with E-state index >= 15 is 0 Å². The first-order valence-electron chi connectivity index (χ1n) is 7.18. The normalized spacial score (nSPS) is 12.7. The average molecular weight is 248 g/mol. The first-order chi connectivity index (χ1) is 8.65. The number of rotatable bonds is 8. The van der Waals surface area contributed by atoms with Gasteiger partial charge in [0.15, 0.2) is 0 Å². The SMILES string of the molecule is CCC(C)CN(CC)CCNc1cccc(C)c1. The van der Waals surface area contributed by atoms with Crippen molar-refractivity contribution in [3.05, 3.63) is 29.8 Å². The lowest BCUT2D eigenvalue weighted by Gasteiger charge is -2.24. The van der Waals surface area contributed by atoms with Crippen molar-refractivity contribution >= 4 is 5.69 Å². The summed E-state index contributed by atoms with van der Waals surface area (Å²) in [6, 6.07) is 8.57. The second kappa shape index (κ2) is 8.15. The van der Waals surface area contributed by atoms with Crippen LogP contribution >= 0.6 is 0 Å². The van der Waals surface area contributed by atoms with Crippen molar-refractivity contribution in [2.24, 2.45) is 5.92 Å². The number of aryl methyl sites for hydroxylation is 1. The minimum Gasteiger partial charge on any atom is -0.384 e. The van der Waals surface area contributed by atoms with Gasteiger partial charge in [0.05, 0.1) is 0 Å². The van der Waals surface area contributed by atoms with Crippen LogP contribution in [0.4, 0.5) is 5.69 Å². The molecule has 1 atom stereocenters. The molecule has 0 aliphatic heterocycles. The van der Waals surface area contributed by atoms with Gasteiger partial charge >= 0.3 is 0 Å². The molecule has 1 aromatic carbocycles. The molecule has 0 spiro atoms. The van der Waals surface area contributed by atoms with E-state index in [2.05, 4.69) is 62.2 Å². The maximum atomic E-state index is 3.50. The molecule has 0 saturated carbocycles. The van der Waals surface area contributed by atoms with Gasteiger partial charge in [0, 0.05) is 25.3 Å². The molecule has 0 amide bonds. The summed E-state index contributed by atoms with van der Waals surface area (Å²) in [5.74, 6) is 0.795. The van der Waals surface area contributed by atoms with Crippen LogP contribution in [-0.4, -0.2) is 31.1 Å². The van der Waals surface area contributed by atoms with Gasteiger partial charge in [0.25, 0.3) is 0 Å². The third kappa shape index (κ3) is 5.54. The number of nitrogens with zero attached hydrogens (tertiary/aromatic N) is 1. The molecule has 2 heteroatoms. The van der Waals surface area contributed by atoms with Crippen molar-refractivity contribution in [2.45, 2.75) is 34.1 Å². The van der Waals surface area contributed by atoms with E-state index in [1.54, 1.807) is 0 Å². The molecule has 0 aliphatic rings. The van der Waals surface area contributed by atoms with Crippen molar-refractivity contribution in [3.63, 3.8) is 0 Å². The van der Waals surface area contributed by atoms with Crippen LogP contribution in [0.1, 0.15) is 32.8 Å². The molecule has 1 N–H and O–H groups in total. The van der Waals surface area contributed by atoms with Crippen molar-refractivity contribution in [1.82, 2.24) is 4.90 Å². The monoisotopic (exact) mass is 248 g/mol. The van der Waals surface area contributed by atoms with Crippen molar-refractivity contribution < 1.29 is 0 Å². The molecular weight excluding hydrogens is 220 g/mol. The lowest BCUT2D eigenvalue weighted by molar-refractivity contribution is 0.254. The summed E-state index contributed by atoms with van der Waals surface area (Å²) in [7, 11) is 0. The van der Waals surface area contributed by atoms with E-state index in [1.807, 2.05) is 0 Å². The Bertz CT molecular complexity index is 336. The van der Waals surface area contributed by atoms with Gasteiger partial charge in [-0.2, -0.15) is 0 Å². The van der Waals surface area contributed by atoms with Gasteiger partial charge in [-0.05, 0) is 37.1 Å². The van der Waals surface area contributed by atoms with Gasteiger partial charge in [0.2, 0.25) is 0 Å². The second-order valence-corrected chi connectivity index (χ2v) is 5.20. The van der Waals surface area contributed by atoms with Crippen molar-refractivity contribution in [1.29, 1.82) is 0 Å². The molecule has 1 rings (SSSR count). The highest BCUT2D eigenvalue weighted by molar-refractivity contribution is 5.45. The molecule has 0 heterocycles. The Labute approximate surface area is 112 Å². The van der Waals surface area contributed by atoms with Crippen molar-refractivity contribution in [3.8, 4) is 0 Å². The van der Waals surface area contributed by atoms with E-state index in [-0.39, 0.29) is 0 Å². The van der Waals surface area contributed by atoms with Crippen LogP contribution in [0.5, 0.6) is 0 Å². The summed E-state index contributed by atoms with van der Waals surface area (Å²) in [6.45, 7) is 13.5. The molecule has 2 nitrogen and oxygen atoms in total. The zero-order valence-corrected chi connectivity index (χ0v) is 12.4. The molecule has 1 aromatic rings. The molecule has 0 aromatic heterocycles. The van der Waals surface area contributed by atoms with Gasteiger partial charge in [-0.1, -0.05) is 39.3 Å². The van der Waals surface area contributed by atoms with Crippen molar-refractivity contribution in [2.75, 3.05) is 31.5 Å². The van der Waals surface area contributed by atoms with E-state index in [1.165, 1.54) is 24.2 Å². The molecule has 1 unspecified atom stereocenters. The average Bonchev–Trinajstić information content (AvgIpc) is 2.37. The summed E-state index contributed by atoms with van der Waals surface area (Å²) < 4.78 is 0. The molecule has 0 bridgehead atoms. The Morgan fingerprint density at radius 3 is 2.67 bits per heavy atom. The van der Waals surface area contributed by atoms with Gasteiger partial charge in [-0.15, -0.1) is 0 Å². The third-order valence-electron chi connectivity index (χ3n) is 3.49. The summed E-state index contributed by atoms with van der Waals surface area (Å²) in [6.07, 6.45) is 1.27. The van der Waals surface area contributed by atoms with Crippen LogP contribution in [0.15, 0.2) is 24.3 Å². The fourth-order valence-corrected chi connectivity index (χ4v) is 2.06.